The molecule has 0 fully saturated rings. The smallest absolute Gasteiger partial charge is 0.320 e. The van der Waals surface area contributed by atoms with Crippen molar-refractivity contribution in [2.24, 2.45) is 10.3 Å². The number of amides is 1. The van der Waals surface area contributed by atoms with E-state index in [0.29, 0.717) is 4.90 Å². The second kappa shape index (κ2) is 10.6. The Labute approximate surface area is 159 Å². The standard InChI is InChI=1S/C19H25NO6S/c1-5-25-18(22)17(19(23)26-6-2)8-7-13-27(24,20-15(4)21)16-11-9-14(3)10-12-16/h7,9-13,17H,5-6,8H2,1-4H3/b13-7+/t27-/m1/s1. The van der Waals surface area contributed by atoms with Crippen molar-refractivity contribution in [1.82, 2.24) is 0 Å². The Hall–Kier alpha value is -2.48. The lowest BCUT2D eigenvalue weighted by Gasteiger charge is -2.12. The molecular formula is C19H25NO6S. The van der Waals surface area contributed by atoms with E-state index in [0.717, 1.165) is 5.56 Å². The zero-order chi connectivity index (χ0) is 20.4. The van der Waals surface area contributed by atoms with Crippen molar-refractivity contribution in [3.05, 3.63) is 41.3 Å². The highest BCUT2D eigenvalue weighted by Crippen LogP contribution is 2.18. The minimum atomic E-state index is -3.16. The third-order valence-corrected chi connectivity index (χ3v) is 5.45. The zero-order valence-electron chi connectivity index (χ0n) is 16.0. The molecule has 0 unspecified atom stereocenters. The van der Waals surface area contributed by atoms with Crippen LogP contribution in [0.25, 0.3) is 0 Å². The number of hydrogen-bond acceptors (Lipinski definition) is 6. The van der Waals surface area contributed by atoms with Gasteiger partial charge in [0.1, 0.15) is 9.73 Å². The van der Waals surface area contributed by atoms with E-state index in [9.17, 15) is 18.6 Å². The fourth-order valence-corrected chi connectivity index (χ4v) is 3.79. The molecule has 0 aliphatic heterocycles. The van der Waals surface area contributed by atoms with Crippen LogP contribution in [0, 0.1) is 12.8 Å². The van der Waals surface area contributed by atoms with Crippen molar-refractivity contribution in [1.29, 1.82) is 0 Å². The summed E-state index contributed by atoms with van der Waals surface area (Å²) in [5.74, 6) is -3.19. The number of rotatable bonds is 8. The fourth-order valence-electron chi connectivity index (χ4n) is 2.18. The maximum absolute atomic E-state index is 13.2. The van der Waals surface area contributed by atoms with Gasteiger partial charge >= 0.3 is 11.9 Å². The lowest BCUT2D eigenvalue weighted by atomic mass is 10.1. The molecule has 7 nitrogen and oxygen atoms in total. The third-order valence-electron chi connectivity index (χ3n) is 3.42. The second-order valence-electron chi connectivity index (χ2n) is 5.66. The number of hydrogen-bond donors (Lipinski definition) is 0. The quantitative estimate of drug-likeness (QED) is 0.496. The van der Waals surface area contributed by atoms with E-state index in [1.54, 1.807) is 38.1 Å². The average Bonchev–Trinajstić information content (AvgIpc) is 2.59. The largest absolute Gasteiger partial charge is 0.465 e. The molecule has 0 aromatic heterocycles. The Morgan fingerprint density at radius 3 is 2.04 bits per heavy atom. The van der Waals surface area contributed by atoms with Gasteiger partial charge in [-0.2, -0.15) is 4.36 Å². The van der Waals surface area contributed by atoms with E-state index in [1.807, 2.05) is 6.92 Å². The first-order chi connectivity index (χ1) is 12.7. The SMILES string of the molecule is CCOC(=O)C(C/C=C/[S@](=O)(=NC(C)=O)c1ccc(C)cc1)C(=O)OCC. The number of allylic oxidation sites excluding steroid dienone is 1. The molecule has 1 rings (SSSR count). The van der Waals surface area contributed by atoms with E-state index < -0.39 is 33.5 Å². The summed E-state index contributed by atoms with van der Waals surface area (Å²) in [5, 5.41) is 1.25. The lowest BCUT2D eigenvalue weighted by Crippen LogP contribution is -2.27. The number of benzene rings is 1. The fraction of sp³-hybridized carbons (Fsp3) is 0.421. The van der Waals surface area contributed by atoms with Gasteiger partial charge in [-0.05, 0) is 39.3 Å². The molecule has 1 amide bonds. The van der Waals surface area contributed by atoms with Gasteiger partial charge in [0.2, 0.25) is 0 Å². The van der Waals surface area contributed by atoms with Crippen molar-refractivity contribution in [3.8, 4) is 0 Å². The maximum Gasteiger partial charge on any atom is 0.320 e. The van der Waals surface area contributed by atoms with E-state index in [-0.39, 0.29) is 19.6 Å². The molecule has 0 aliphatic rings. The predicted molar refractivity (Wildman–Crippen MR) is 101 cm³/mol. The van der Waals surface area contributed by atoms with E-state index >= 15 is 0 Å². The Kier molecular flexibility index (Phi) is 8.87. The van der Waals surface area contributed by atoms with E-state index in [2.05, 4.69) is 4.36 Å². The van der Waals surface area contributed by atoms with Crippen molar-refractivity contribution >= 4 is 27.6 Å². The average molecular weight is 395 g/mol. The van der Waals surface area contributed by atoms with Crippen LogP contribution in [0.2, 0.25) is 0 Å². The van der Waals surface area contributed by atoms with Gasteiger partial charge in [0.05, 0.1) is 18.1 Å². The molecule has 8 heteroatoms. The first-order valence-electron chi connectivity index (χ1n) is 8.57. The van der Waals surface area contributed by atoms with Crippen LogP contribution in [0.5, 0.6) is 0 Å². The second-order valence-corrected chi connectivity index (χ2v) is 7.72. The van der Waals surface area contributed by atoms with Crippen molar-refractivity contribution in [2.45, 2.75) is 39.0 Å². The van der Waals surface area contributed by atoms with Crippen LogP contribution in [0.4, 0.5) is 0 Å². The number of esters is 2. The van der Waals surface area contributed by atoms with Crippen LogP contribution in [-0.4, -0.2) is 35.3 Å². The van der Waals surface area contributed by atoms with Gasteiger partial charge in [0, 0.05) is 12.3 Å². The number of ether oxygens (including phenoxy) is 2. The van der Waals surface area contributed by atoms with Crippen LogP contribution in [0.1, 0.15) is 32.8 Å². The number of aryl methyl sites for hydroxylation is 1. The molecule has 0 radical (unpaired) electrons. The van der Waals surface area contributed by atoms with Gasteiger partial charge in [0.25, 0.3) is 5.91 Å². The summed E-state index contributed by atoms with van der Waals surface area (Å²) in [7, 11) is -3.16. The minimum absolute atomic E-state index is 0.0755. The summed E-state index contributed by atoms with van der Waals surface area (Å²) in [4.78, 5) is 35.8. The van der Waals surface area contributed by atoms with Crippen LogP contribution >= 0.6 is 0 Å². The maximum atomic E-state index is 13.2. The molecule has 0 saturated carbocycles. The molecule has 0 spiro atoms. The van der Waals surface area contributed by atoms with Crippen LogP contribution in [0.3, 0.4) is 0 Å². The third kappa shape index (κ3) is 6.97. The van der Waals surface area contributed by atoms with Gasteiger partial charge in [-0.15, -0.1) is 0 Å². The summed E-state index contributed by atoms with van der Waals surface area (Å²) >= 11 is 0. The molecule has 1 aromatic carbocycles. The monoisotopic (exact) mass is 395 g/mol. The van der Waals surface area contributed by atoms with E-state index in [4.69, 9.17) is 9.47 Å². The van der Waals surface area contributed by atoms with E-state index in [1.165, 1.54) is 18.4 Å². The highest BCUT2D eigenvalue weighted by atomic mass is 32.2. The molecule has 1 aromatic rings. The lowest BCUT2D eigenvalue weighted by molar-refractivity contribution is -0.161. The zero-order valence-corrected chi connectivity index (χ0v) is 16.8. The molecule has 0 heterocycles. The summed E-state index contributed by atoms with van der Waals surface area (Å²) < 4.78 is 26.7. The minimum Gasteiger partial charge on any atom is -0.465 e. The summed E-state index contributed by atoms with van der Waals surface area (Å²) in [5.41, 5.74) is 0.969. The van der Waals surface area contributed by atoms with Crippen molar-refractivity contribution < 1.29 is 28.1 Å². The molecular weight excluding hydrogens is 370 g/mol. The summed E-state index contributed by atoms with van der Waals surface area (Å²) in [6.07, 6.45) is 1.32. The van der Waals surface area contributed by atoms with Gasteiger partial charge in [-0.1, -0.05) is 23.8 Å². The van der Waals surface area contributed by atoms with Crippen molar-refractivity contribution in [2.75, 3.05) is 13.2 Å². The number of carbonyl (C=O) groups excluding carboxylic acids is 3. The molecule has 1 atom stereocenters. The predicted octanol–water partition coefficient (Wildman–Crippen LogP) is 3.01. The highest BCUT2D eigenvalue weighted by molar-refractivity contribution is 7.96. The van der Waals surface area contributed by atoms with Crippen LogP contribution in [-0.2, 0) is 33.6 Å². The van der Waals surface area contributed by atoms with Crippen molar-refractivity contribution in [3.63, 3.8) is 0 Å². The Bertz CT molecular complexity index is 801. The molecule has 0 aliphatic carbocycles. The van der Waals surface area contributed by atoms with Gasteiger partial charge in [-0.3, -0.25) is 14.4 Å². The van der Waals surface area contributed by atoms with Gasteiger partial charge in [-0.25, -0.2) is 4.21 Å². The Morgan fingerprint density at radius 1 is 1.07 bits per heavy atom. The first-order valence-corrected chi connectivity index (χ1v) is 10.2. The Balaban J connectivity index is 3.16. The van der Waals surface area contributed by atoms with Gasteiger partial charge < -0.3 is 9.47 Å². The first kappa shape index (κ1) is 22.6. The number of nitrogens with zero attached hydrogens (tertiary/aromatic N) is 1. The Morgan fingerprint density at radius 2 is 1.59 bits per heavy atom. The van der Waals surface area contributed by atoms with Crippen LogP contribution < -0.4 is 0 Å². The van der Waals surface area contributed by atoms with Gasteiger partial charge in [0.15, 0.2) is 5.92 Å². The normalized spacial score (nSPS) is 13.2. The molecule has 27 heavy (non-hydrogen) atoms. The number of carbonyl (C=O) groups is 3. The molecule has 0 saturated heterocycles. The molecule has 148 valence electrons. The summed E-state index contributed by atoms with van der Waals surface area (Å²) in [6, 6.07) is 6.78. The molecule has 0 bridgehead atoms. The van der Waals surface area contributed by atoms with Crippen LogP contribution in [0.15, 0.2) is 45.0 Å². The highest BCUT2D eigenvalue weighted by Gasteiger charge is 2.28. The topological polar surface area (TPSA) is 99.1 Å². The molecule has 0 N–H and O–H groups in total. The summed E-state index contributed by atoms with van der Waals surface area (Å²) in [6.45, 7) is 6.60.